The van der Waals surface area contributed by atoms with Gasteiger partial charge >= 0.3 is 0 Å². The molecule has 1 aliphatic rings. The monoisotopic (exact) mass is 240 g/mol. The molecule has 0 radical (unpaired) electrons. The molecule has 2 heterocycles. The van der Waals surface area contributed by atoms with Crippen molar-refractivity contribution in [2.24, 2.45) is 7.05 Å². The number of fused-ring (bicyclic) bond motifs is 1. The maximum atomic E-state index is 11.5. The summed E-state index contributed by atoms with van der Waals surface area (Å²) < 4.78 is 2.04. The molecule has 1 aromatic carbocycles. The van der Waals surface area contributed by atoms with Crippen LogP contribution in [0.25, 0.3) is 17.0 Å². The second kappa shape index (κ2) is 3.84. The van der Waals surface area contributed by atoms with Crippen LogP contribution in [-0.2, 0) is 16.6 Å². The Labute approximate surface area is 104 Å². The lowest BCUT2D eigenvalue weighted by Gasteiger charge is -1.99. The van der Waals surface area contributed by atoms with E-state index in [4.69, 9.17) is 0 Å². The van der Waals surface area contributed by atoms with Gasteiger partial charge in [0.25, 0.3) is 5.91 Å². The van der Waals surface area contributed by atoms with Crippen LogP contribution in [0.5, 0.6) is 0 Å². The Balaban J connectivity index is 2.02. The largest absolute Gasteiger partial charge is 0.351 e. The van der Waals surface area contributed by atoms with Crippen LogP contribution in [-0.4, -0.2) is 16.4 Å². The predicted molar refractivity (Wildman–Crippen MR) is 68.7 cm³/mol. The van der Waals surface area contributed by atoms with E-state index in [0.29, 0.717) is 5.57 Å². The van der Waals surface area contributed by atoms with Crippen LogP contribution in [0.3, 0.4) is 0 Å². The summed E-state index contributed by atoms with van der Waals surface area (Å²) in [6, 6.07) is 8.00. The van der Waals surface area contributed by atoms with E-state index in [0.717, 1.165) is 16.5 Å². The SMILES string of the molecule is Cn1ccc2cc(/C=C3\CC(=O)NC3=O)ccc21. The first-order valence-electron chi connectivity index (χ1n) is 5.73. The molecule has 0 unspecified atom stereocenters. The van der Waals surface area contributed by atoms with Crippen molar-refractivity contribution in [3.8, 4) is 0 Å². The van der Waals surface area contributed by atoms with E-state index in [1.54, 1.807) is 6.08 Å². The molecule has 18 heavy (non-hydrogen) atoms. The second-order valence-corrected chi connectivity index (χ2v) is 4.47. The Morgan fingerprint density at radius 3 is 2.83 bits per heavy atom. The molecule has 1 aromatic heterocycles. The highest BCUT2D eigenvalue weighted by atomic mass is 16.2. The number of rotatable bonds is 1. The lowest BCUT2D eigenvalue weighted by atomic mass is 10.1. The summed E-state index contributed by atoms with van der Waals surface area (Å²) in [6.07, 6.45) is 3.94. The van der Waals surface area contributed by atoms with Gasteiger partial charge in [0.1, 0.15) is 0 Å². The number of amides is 2. The van der Waals surface area contributed by atoms with Gasteiger partial charge in [-0.1, -0.05) is 6.07 Å². The van der Waals surface area contributed by atoms with E-state index in [2.05, 4.69) is 5.32 Å². The standard InChI is InChI=1S/C14H12N2O2/c1-16-5-4-10-6-9(2-3-12(10)16)7-11-8-13(17)15-14(11)18/h2-7H,8H2,1H3,(H,15,17,18)/b11-7+. The highest BCUT2D eigenvalue weighted by Crippen LogP contribution is 2.20. The highest BCUT2D eigenvalue weighted by molar-refractivity contribution is 6.15. The summed E-state index contributed by atoms with van der Waals surface area (Å²) in [4.78, 5) is 22.5. The van der Waals surface area contributed by atoms with Gasteiger partial charge in [-0.2, -0.15) is 0 Å². The Morgan fingerprint density at radius 2 is 2.11 bits per heavy atom. The zero-order valence-corrected chi connectivity index (χ0v) is 9.93. The third-order valence-corrected chi connectivity index (χ3v) is 3.15. The van der Waals surface area contributed by atoms with E-state index < -0.39 is 0 Å². The summed E-state index contributed by atoms with van der Waals surface area (Å²) in [7, 11) is 1.99. The smallest absolute Gasteiger partial charge is 0.254 e. The van der Waals surface area contributed by atoms with Crippen molar-refractivity contribution in [2.45, 2.75) is 6.42 Å². The zero-order valence-electron chi connectivity index (χ0n) is 9.93. The molecule has 4 heteroatoms. The predicted octanol–water partition coefficient (Wildman–Crippen LogP) is 1.61. The minimum absolute atomic E-state index is 0.172. The van der Waals surface area contributed by atoms with Crippen molar-refractivity contribution in [1.82, 2.24) is 9.88 Å². The van der Waals surface area contributed by atoms with E-state index in [1.165, 1.54) is 0 Å². The molecule has 1 aliphatic heterocycles. The maximum Gasteiger partial charge on any atom is 0.254 e. The van der Waals surface area contributed by atoms with Crippen molar-refractivity contribution < 1.29 is 9.59 Å². The Morgan fingerprint density at radius 1 is 1.28 bits per heavy atom. The summed E-state index contributed by atoms with van der Waals surface area (Å²) in [5, 5.41) is 3.40. The molecule has 0 spiro atoms. The highest BCUT2D eigenvalue weighted by Gasteiger charge is 2.23. The van der Waals surface area contributed by atoms with Crippen LogP contribution in [0.4, 0.5) is 0 Å². The van der Waals surface area contributed by atoms with Crippen molar-refractivity contribution in [3.05, 3.63) is 41.6 Å². The first kappa shape index (κ1) is 10.8. The number of carbonyl (C=O) groups excluding carboxylic acids is 2. The number of nitrogens with zero attached hydrogens (tertiary/aromatic N) is 1. The Kier molecular flexibility index (Phi) is 2.30. The topological polar surface area (TPSA) is 51.1 Å². The van der Waals surface area contributed by atoms with Crippen LogP contribution in [0, 0.1) is 0 Å². The minimum atomic E-state index is -0.284. The van der Waals surface area contributed by atoms with Gasteiger partial charge in [-0.3, -0.25) is 14.9 Å². The Hall–Kier alpha value is -2.36. The van der Waals surface area contributed by atoms with Crippen molar-refractivity contribution in [1.29, 1.82) is 0 Å². The molecule has 0 saturated carbocycles. The quantitative estimate of drug-likeness (QED) is 0.608. The number of benzene rings is 1. The number of carbonyl (C=O) groups is 2. The number of imide groups is 1. The summed E-state index contributed by atoms with van der Waals surface area (Å²) in [5.41, 5.74) is 2.60. The number of hydrogen-bond acceptors (Lipinski definition) is 2. The summed E-state index contributed by atoms with van der Waals surface area (Å²) in [5.74, 6) is -0.514. The molecule has 90 valence electrons. The minimum Gasteiger partial charge on any atom is -0.351 e. The molecule has 4 nitrogen and oxygen atoms in total. The fourth-order valence-corrected chi connectivity index (χ4v) is 2.21. The molecule has 3 rings (SSSR count). The first-order valence-corrected chi connectivity index (χ1v) is 5.73. The third-order valence-electron chi connectivity index (χ3n) is 3.15. The molecule has 0 atom stereocenters. The van der Waals surface area contributed by atoms with Gasteiger partial charge in [0, 0.05) is 29.7 Å². The summed E-state index contributed by atoms with van der Waals surface area (Å²) in [6.45, 7) is 0. The van der Waals surface area contributed by atoms with Gasteiger partial charge in [-0.15, -0.1) is 0 Å². The van der Waals surface area contributed by atoms with Gasteiger partial charge in [-0.05, 0) is 29.8 Å². The van der Waals surface area contributed by atoms with Crippen LogP contribution < -0.4 is 5.32 Å². The third kappa shape index (κ3) is 1.72. The average Bonchev–Trinajstić information content (AvgIpc) is 2.84. The number of nitrogens with one attached hydrogen (secondary N) is 1. The van der Waals surface area contributed by atoms with Gasteiger partial charge in [0.05, 0.1) is 6.42 Å². The fourth-order valence-electron chi connectivity index (χ4n) is 2.21. The lowest BCUT2D eigenvalue weighted by Crippen LogP contribution is -2.19. The molecule has 2 amide bonds. The van der Waals surface area contributed by atoms with Crippen LogP contribution in [0.1, 0.15) is 12.0 Å². The lowest BCUT2D eigenvalue weighted by molar-refractivity contribution is -0.124. The molecule has 1 fully saturated rings. The van der Waals surface area contributed by atoms with Crippen LogP contribution in [0.15, 0.2) is 36.0 Å². The molecule has 0 bridgehead atoms. The van der Waals surface area contributed by atoms with E-state index in [1.807, 2.05) is 42.1 Å². The maximum absolute atomic E-state index is 11.5. The fraction of sp³-hybridized carbons (Fsp3) is 0.143. The van der Waals surface area contributed by atoms with E-state index in [9.17, 15) is 9.59 Å². The summed E-state index contributed by atoms with van der Waals surface area (Å²) >= 11 is 0. The average molecular weight is 240 g/mol. The van der Waals surface area contributed by atoms with Crippen LogP contribution in [0.2, 0.25) is 0 Å². The van der Waals surface area contributed by atoms with E-state index in [-0.39, 0.29) is 18.2 Å². The molecule has 1 N–H and O–H groups in total. The molecule has 0 aliphatic carbocycles. The normalized spacial score (nSPS) is 17.7. The zero-order chi connectivity index (χ0) is 12.7. The van der Waals surface area contributed by atoms with Crippen LogP contribution >= 0.6 is 0 Å². The molecular formula is C14H12N2O2. The second-order valence-electron chi connectivity index (χ2n) is 4.47. The Bertz CT molecular complexity index is 695. The van der Waals surface area contributed by atoms with Gasteiger partial charge in [0.15, 0.2) is 0 Å². The number of hydrogen-bond donors (Lipinski definition) is 1. The van der Waals surface area contributed by atoms with Crippen molar-refractivity contribution >= 4 is 28.8 Å². The molecular weight excluding hydrogens is 228 g/mol. The van der Waals surface area contributed by atoms with Gasteiger partial charge in [0.2, 0.25) is 5.91 Å². The molecule has 1 saturated heterocycles. The number of aromatic nitrogens is 1. The first-order chi connectivity index (χ1) is 8.63. The number of aryl methyl sites for hydroxylation is 1. The van der Waals surface area contributed by atoms with Crippen molar-refractivity contribution in [3.63, 3.8) is 0 Å². The van der Waals surface area contributed by atoms with Crippen molar-refractivity contribution in [2.75, 3.05) is 0 Å². The molecule has 2 aromatic rings. The van der Waals surface area contributed by atoms with Gasteiger partial charge < -0.3 is 4.57 Å². The van der Waals surface area contributed by atoms with Gasteiger partial charge in [-0.25, -0.2) is 0 Å². The van der Waals surface area contributed by atoms with E-state index >= 15 is 0 Å².